The van der Waals surface area contributed by atoms with Crippen molar-refractivity contribution in [2.75, 3.05) is 44.2 Å². The summed E-state index contributed by atoms with van der Waals surface area (Å²) in [6, 6.07) is 13.8. The molecule has 0 bridgehead atoms. The summed E-state index contributed by atoms with van der Waals surface area (Å²) >= 11 is 6.27. The fraction of sp³-hybridized carbons (Fsp3) is 0.409. The Morgan fingerprint density at radius 1 is 1.07 bits per heavy atom. The molecule has 0 saturated carbocycles. The molecule has 6 heteroatoms. The van der Waals surface area contributed by atoms with Gasteiger partial charge in [-0.15, -0.1) is 0 Å². The van der Waals surface area contributed by atoms with Crippen LogP contribution in [0.5, 0.6) is 5.75 Å². The second-order valence-electron chi connectivity index (χ2n) is 6.98. The molecule has 2 aromatic carbocycles. The first-order valence-corrected chi connectivity index (χ1v) is 10.3. The van der Waals surface area contributed by atoms with Crippen LogP contribution in [0.3, 0.4) is 0 Å². The Hall–Kier alpha value is -2.24. The van der Waals surface area contributed by atoms with E-state index in [9.17, 15) is 5.11 Å². The molecule has 1 aliphatic heterocycles. The topological polar surface area (TPSA) is 42.3 Å². The van der Waals surface area contributed by atoms with Gasteiger partial charge < -0.3 is 10.0 Å². The van der Waals surface area contributed by atoms with Gasteiger partial charge in [-0.1, -0.05) is 29.8 Å². The Morgan fingerprint density at radius 3 is 2.43 bits per heavy atom. The molecule has 0 radical (unpaired) electrons. The molecule has 0 spiro atoms. The van der Waals surface area contributed by atoms with Gasteiger partial charge in [0.1, 0.15) is 5.75 Å². The Kier molecular flexibility index (Phi) is 7.18. The minimum absolute atomic E-state index is 0.269. The SMILES string of the molecule is CCN(CC)c1ccc(/C=N\N2CCN(Cc3ccccc3Cl)CC2)c(O)c1. The van der Waals surface area contributed by atoms with E-state index >= 15 is 0 Å². The lowest BCUT2D eigenvalue weighted by atomic mass is 10.2. The predicted octanol–water partition coefficient (Wildman–Crippen LogP) is 4.04. The summed E-state index contributed by atoms with van der Waals surface area (Å²) < 4.78 is 0. The van der Waals surface area contributed by atoms with Gasteiger partial charge in [-0.3, -0.25) is 9.91 Å². The summed E-state index contributed by atoms with van der Waals surface area (Å²) in [5.41, 5.74) is 2.95. The number of nitrogens with zero attached hydrogens (tertiary/aromatic N) is 4. The molecular formula is C22H29ClN4O. The fourth-order valence-corrected chi connectivity index (χ4v) is 3.64. The molecule has 0 atom stereocenters. The van der Waals surface area contributed by atoms with Gasteiger partial charge in [0.2, 0.25) is 0 Å². The summed E-state index contributed by atoms with van der Waals surface area (Å²) in [7, 11) is 0. The summed E-state index contributed by atoms with van der Waals surface area (Å²) in [6.45, 7) is 10.5. The highest BCUT2D eigenvalue weighted by Gasteiger charge is 2.16. The average molecular weight is 401 g/mol. The van der Waals surface area contributed by atoms with Gasteiger partial charge >= 0.3 is 0 Å². The molecule has 1 aliphatic rings. The largest absolute Gasteiger partial charge is 0.507 e. The number of benzene rings is 2. The average Bonchev–Trinajstić information content (AvgIpc) is 2.71. The minimum Gasteiger partial charge on any atom is -0.507 e. The van der Waals surface area contributed by atoms with Crippen molar-refractivity contribution in [3.8, 4) is 5.75 Å². The first-order chi connectivity index (χ1) is 13.6. The van der Waals surface area contributed by atoms with Crippen molar-refractivity contribution in [1.82, 2.24) is 9.91 Å². The van der Waals surface area contributed by atoms with Crippen LogP contribution in [0, 0.1) is 0 Å². The highest BCUT2D eigenvalue weighted by Crippen LogP contribution is 2.24. The first-order valence-electron chi connectivity index (χ1n) is 9.93. The summed E-state index contributed by atoms with van der Waals surface area (Å²) in [5, 5.41) is 17.8. The highest BCUT2D eigenvalue weighted by molar-refractivity contribution is 6.31. The molecule has 1 N–H and O–H groups in total. The Balaban J connectivity index is 1.54. The van der Waals surface area contributed by atoms with Gasteiger partial charge in [-0.05, 0) is 37.6 Å². The molecule has 0 amide bonds. The molecule has 1 heterocycles. The molecule has 0 aliphatic carbocycles. The van der Waals surface area contributed by atoms with Crippen molar-refractivity contribution in [3.05, 3.63) is 58.6 Å². The molecule has 3 rings (SSSR count). The molecule has 2 aromatic rings. The van der Waals surface area contributed by atoms with Gasteiger partial charge in [0, 0.05) is 68.2 Å². The minimum atomic E-state index is 0.269. The smallest absolute Gasteiger partial charge is 0.126 e. The quantitative estimate of drug-likeness (QED) is 0.712. The van der Waals surface area contributed by atoms with E-state index in [-0.39, 0.29) is 5.75 Å². The van der Waals surface area contributed by atoms with E-state index in [1.807, 2.05) is 36.4 Å². The van der Waals surface area contributed by atoms with Crippen LogP contribution >= 0.6 is 11.6 Å². The standard InChI is InChI=1S/C22H29ClN4O/c1-3-26(4-2)20-10-9-18(22(28)15-20)16-24-27-13-11-25(12-14-27)17-19-7-5-6-8-21(19)23/h5-10,15-16,28H,3-4,11-14,17H2,1-2H3/b24-16-. The molecule has 150 valence electrons. The third-order valence-electron chi connectivity index (χ3n) is 5.20. The van der Waals surface area contributed by atoms with Crippen molar-refractivity contribution in [2.45, 2.75) is 20.4 Å². The number of rotatable bonds is 7. The van der Waals surface area contributed by atoms with Crippen molar-refractivity contribution >= 4 is 23.5 Å². The number of piperazine rings is 1. The van der Waals surface area contributed by atoms with Gasteiger partial charge in [-0.2, -0.15) is 5.10 Å². The number of hydrogen-bond acceptors (Lipinski definition) is 5. The number of phenols is 1. The lowest BCUT2D eigenvalue weighted by Crippen LogP contribution is -2.43. The third kappa shape index (κ3) is 5.18. The summed E-state index contributed by atoms with van der Waals surface area (Å²) in [4.78, 5) is 4.60. The Morgan fingerprint density at radius 2 is 1.79 bits per heavy atom. The zero-order valence-electron chi connectivity index (χ0n) is 16.7. The summed E-state index contributed by atoms with van der Waals surface area (Å²) in [6.07, 6.45) is 1.76. The lowest BCUT2D eigenvalue weighted by molar-refractivity contribution is 0.131. The van der Waals surface area contributed by atoms with E-state index in [0.717, 1.165) is 62.1 Å². The second-order valence-corrected chi connectivity index (χ2v) is 7.39. The maximum Gasteiger partial charge on any atom is 0.126 e. The second kappa shape index (κ2) is 9.80. The normalized spacial score (nSPS) is 15.3. The van der Waals surface area contributed by atoms with Crippen LogP contribution in [0.25, 0.3) is 0 Å². The monoisotopic (exact) mass is 400 g/mol. The van der Waals surface area contributed by atoms with Gasteiger partial charge in [0.15, 0.2) is 0 Å². The summed E-state index contributed by atoms with van der Waals surface area (Å²) in [5.74, 6) is 0.269. The lowest BCUT2D eigenvalue weighted by Gasteiger charge is -2.33. The van der Waals surface area contributed by atoms with Crippen molar-refractivity contribution < 1.29 is 5.11 Å². The van der Waals surface area contributed by atoms with Crippen LogP contribution in [-0.2, 0) is 6.54 Å². The third-order valence-corrected chi connectivity index (χ3v) is 5.57. The van der Waals surface area contributed by atoms with E-state index < -0.39 is 0 Å². The van der Waals surface area contributed by atoms with Gasteiger partial charge in [0.05, 0.1) is 6.21 Å². The van der Waals surface area contributed by atoms with Crippen LogP contribution in [0.15, 0.2) is 47.6 Å². The van der Waals surface area contributed by atoms with E-state index in [0.29, 0.717) is 0 Å². The van der Waals surface area contributed by atoms with Crippen LogP contribution in [0.4, 0.5) is 5.69 Å². The van der Waals surface area contributed by atoms with Crippen molar-refractivity contribution in [3.63, 3.8) is 0 Å². The van der Waals surface area contributed by atoms with Crippen molar-refractivity contribution in [1.29, 1.82) is 0 Å². The molecule has 5 nitrogen and oxygen atoms in total. The molecule has 0 unspecified atom stereocenters. The predicted molar refractivity (Wildman–Crippen MR) is 118 cm³/mol. The van der Waals surface area contributed by atoms with E-state index in [1.165, 1.54) is 5.56 Å². The Labute approximate surface area is 172 Å². The highest BCUT2D eigenvalue weighted by atomic mass is 35.5. The van der Waals surface area contributed by atoms with E-state index in [1.54, 1.807) is 6.21 Å². The molecule has 1 saturated heterocycles. The molecule has 28 heavy (non-hydrogen) atoms. The Bertz CT molecular complexity index is 799. The zero-order chi connectivity index (χ0) is 19.9. The maximum atomic E-state index is 10.3. The van der Waals surface area contributed by atoms with E-state index in [2.05, 4.69) is 39.8 Å². The van der Waals surface area contributed by atoms with Crippen molar-refractivity contribution in [2.24, 2.45) is 5.10 Å². The number of anilines is 1. The zero-order valence-corrected chi connectivity index (χ0v) is 17.4. The molecule has 0 aromatic heterocycles. The van der Waals surface area contributed by atoms with Crippen LogP contribution in [0.2, 0.25) is 5.02 Å². The van der Waals surface area contributed by atoms with E-state index in [4.69, 9.17) is 11.6 Å². The first kappa shape index (κ1) is 20.5. The maximum absolute atomic E-state index is 10.3. The number of hydrazone groups is 1. The number of hydrogen-bond donors (Lipinski definition) is 1. The van der Waals surface area contributed by atoms with Crippen LogP contribution in [0.1, 0.15) is 25.0 Å². The number of halogens is 1. The number of aromatic hydroxyl groups is 1. The van der Waals surface area contributed by atoms with Crippen LogP contribution < -0.4 is 4.90 Å². The van der Waals surface area contributed by atoms with Crippen LogP contribution in [-0.4, -0.2) is 60.5 Å². The molecular weight excluding hydrogens is 372 g/mol. The van der Waals surface area contributed by atoms with Gasteiger partial charge in [-0.25, -0.2) is 0 Å². The molecule has 1 fully saturated rings. The number of phenolic OH excluding ortho intramolecular Hbond substituents is 1. The fourth-order valence-electron chi connectivity index (χ4n) is 3.45. The van der Waals surface area contributed by atoms with Gasteiger partial charge in [0.25, 0.3) is 0 Å².